The smallest absolute Gasteiger partial charge is 0.227 e. The zero-order valence-electron chi connectivity index (χ0n) is 14.6. The van der Waals surface area contributed by atoms with Crippen molar-refractivity contribution in [3.05, 3.63) is 82.6 Å². The summed E-state index contributed by atoms with van der Waals surface area (Å²) in [6.07, 6.45) is 1.34. The second-order valence-corrected chi connectivity index (χ2v) is 7.40. The molecule has 6 heteroatoms. The van der Waals surface area contributed by atoms with E-state index >= 15 is 0 Å². The highest BCUT2D eigenvalue weighted by atomic mass is 32.1. The molecule has 27 heavy (non-hydrogen) atoms. The highest BCUT2D eigenvalue weighted by Crippen LogP contribution is 2.38. The maximum atomic E-state index is 6.56. The Labute approximate surface area is 159 Å². The maximum Gasteiger partial charge on any atom is 0.227 e. The monoisotopic (exact) mass is 375 g/mol. The van der Waals surface area contributed by atoms with Crippen LogP contribution in [0.4, 0.5) is 5.69 Å². The number of rotatable bonds is 3. The van der Waals surface area contributed by atoms with E-state index in [9.17, 15) is 0 Å². The molecule has 4 aromatic rings. The number of ether oxygens (including phenoxy) is 1. The van der Waals surface area contributed by atoms with Gasteiger partial charge in [0.25, 0.3) is 0 Å². The van der Waals surface area contributed by atoms with Gasteiger partial charge in [-0.15, -0.1) is 11.3 Å². The van der Waals surface area contributed by atoms with Crippen molar-refractivity contribution in [2.24, 2.45) is 10.7 Å². The van der Waals surface area contributed by atoms with Crippen LogP contribution in [0.3, 0.4) is 0 Å². The predicted octanol–water partition coefficient (Wildman–Crippen LogP) is 3.37. The van der Waals surface area contributed by atoms with Crippen molar-refractivity contribution < 1.29 is 9.15 Å². The lowest BCUT2D eigenvalue weighted by molar-refractivity contribution is 0.415. The van der Waals surface area contributed by atoms with E-state index in [1.54, 1.807) is 24.7 Å². The first-order valence-corrected chi connectivity index (χ1v) is 9.39. The Hall–Kier alpha value is -3.25. The highest BCUT2D eigenvalue weighted by Gasteiger charge is 2.28. The molecule has 1 aliphatic rings. The zero-order valence-corrected chi connectivity index (χ0v) is 15.4. The van der Waals surface area contributed by atoms with Gasteiger partial charge < -0.3 is 14.9 Å². The molecular weight excluding hydrogens is 358 g/mol. The van der Waals surface area contributed by atoms with Gasteiger partial charge in [0.2, 0.25) is 5.55 Å². The molecule has 1 atom stereocenters. The van der Waals surface area contributed by atoms with Crippen LogP contribution in [0.15, 0.2) is 76.3 Å². The molecular formula is C21H17N3O2S. The number of furan rings is 1. The van der Waals surface area contributed by atoms with Gasteiger partial charge in [-0.1, -0.05) is 18.2 Å². The Balaban J connectivity index is 1.71. The molecule has 0 saturated heterocycles. The third-order valence-corrected chi connectivity index (χ3v) is 5.87. The number of hydrogen-bond acceptors (Lipinski definition) is 6. The van der Waals surface area contributed by atoms with Crippen LogP contribution in [0.25, 0.3) is 15.9 Å². The molecule has 134 valence electrons. The third-order valence-electron chi connectivity index (χ3n) is 4.71. The summed E-state index contributed by atoms with van der Waals surface area (Å²) < 4.78 is 12.1. The summed E-state index contributed by atoms with van der Waals surface area (Å²) in [5.74, 6) is 1.43. The van der Waals surface area contributed by atoms with Crippen LogP contribution in [0.5, 0.6) is 5.75 Å². The molecule has 0 saturated carbocycles. The van der Waals surface area contributed by atoms with Gasteiger partial charge in [0.15, 0.2) is 6.17 Å². The fourth-order valence-electron chi connectivity index (χ4n) is 3.37. The molecule has 1 unspecified atom stereocenters. The number of thiophene rings is 1. The van der Waals surface area contributed by atoms with Crippen LogP contribution >= 0.6 is 11.3 Å². The Morgan fingerprint density at radius 3 is 2.70 bits per heavy atom. The minimum absolute atomic E-state index is 0.283. The Morgan fingerprint density at radius 1 is 1.11 bits per heavy atom. The lowest BCUT2D eigenvalue weighted by Crippen LogP contribution is -2.43. The van der Waals surface area contributed by atoms with Crippen LogP contribution in [0.1, 0.15) is 11.0 Å². The molecule has 5 nitrogen and oxygen atoms in total. The van der Waals surface area contributed by atoms with Gasteiger partial charge >= 0.3 is 0 Å². The number of fused-ring (bicyclic) bond motifs is 2. The van der Waals surface area contributed by atoms with Gasteiger partial charge in [-0.05, 0) is 47.9 Å². The number of hydrogen-bond donors (Lipinski definition) is 1. The molecule has 3 heterocycles. The summed E-state index contributed by atoms with van der Waals surface area (Å²) in [6.45, 7) is 0. The van der Waals surface area contributed by atoms with Crippen molar-refractivity contribution in [2.45, 2.75) is 6.17 Å². The van der Waals surface area contributed by atoms with E-state index in [-0.39, 0.29) is 6.17 Å². The second-order valence-electron chi connectivity index (χ2n) is 6.28. The van der Waals surface area contributed by atoms with Gasteiger partial charge in [0, 0.05) is 10.4 Å². The third kappa shape index (κ3) is 2.57. The molecule has 0 radical (unpaired) electrons. The quantitative estimate of drug-likeness (QED) is 0.596. The minimum atomic E-state index is -0.283. The normalized spacial score (nSPS) is 16.3. The first-order valence-electron chi connectivity index (χ1n) is 8.57. The van der Waals surface area contributed by atoms with Gasteiger partial charge in [0.05, 0.1) is 23.5 Å². The van der Waals surface area contributed by atoms with Crippen LogP contribution in [0, 0.1) is 0 Å². The van der Waals surface area contributed by atoms with Crippen molar-refractivity contribution in [1.29, 1.82) is 0 Å². The van der Waals surface area contributed by atoms with E-state index in [2.05, 4.69) is 18.2 Å². The average Bonchev–Trinajstić information content (AvgIpc) is 3.35. The van der Waals surface area contributed by atoms with Gasteiger partial charge in [-0.2, -0.15) is 0 Å². The number of nitrogens with zero attached hydrogens (tertiary/aromatic N) is 2. The standard InChI is InChI=1S/C21H17N3O2S/c1-25-15-8-6-14(7-9-15)24-19(22)16-10-11-26-21(16)23-20(24)18-12-13-4-2-3-5-17(13)27-18/h2-12,20H,22H2,1H3. The summed E-state index contributed by atoms with van der Waals surface area (Å²) in [5, 5.41) is 2.01. The fraction of sp³-hybridized carbons (Fsp3) is 0.0952. The summed E-state index contributed by atoms with van der Waals surface area (Å²) >= 11 is 1.72. The molecule has 2 aromatic carbocycles. The number of benzene rings is 2. The molecule has 0 fully saturated rings. The van der Waals surface area contributed by atoms with Gasteiger partial charge in [0.1, 0.15) is 11.6 Å². The molecule has 0 spiro atoms. The molecule has 0 bridgehead atoms. The molecule has 0 amide bonds. The largest absolute Gasteiger partial charge is 0.497 e. The fourth-order valence-corrected chi connectivity index (χ4v) is 4.46. The predicted molar refractivity (Wildman–Crippen MR) is 107 cm³/mol. The van der Waals surface area contributed by atoms with Gasteiger partial charge in [-0.25, -0.2) is 4.99 Å². The second kappa shape index (κ2) is 6.17. The molecule has 2 aromatic heterocycles. The maximum absolute atomic E-state index is 6.56. The molecule has 0 aliphatic carbocycles. The average molecular weight is 375 g/mol. The van der Waals surface area contributed by atoms with Crippen molar-refractivity contribution in [1.82, 2.24) is 0 Å². The van der Waals surface area contributed by atoms with Crippen molar-refractivity contribution >= 4 is 32.9 Å². The van der Waals surface area contributed by atoms with Gasteiger partial charge in [-0.3, -0.25) is 4.90 Å². The Kier molecular flexibility index (Phi) is 3.65. The Bertz CT molecular complexity index is 1210. The van der Waals surface area contributed by atoms with E-state index in [1.807, 2.05) is 47.4 Å². The number of nitrogens with two attached hydrogens (primary N) is 1. The summed E-state index contributed by atoms with van der Waals surface area (Å²) in [4.78, 5) is 8.01. The van der Waals surface area contributed by atoms with E-state index in [1.165, 1.54) is 10.1 Å². The molecule has 1 aliphatic heterocycles. The lowest BCUT2D eigenvalue weighted by Gasteiger charge is -2.32. The van der Waals surface area contributed by atoms with Crippen molar-refractivity contribution in [2.75, 3.05) is 12.0 Å². The summed E-state index contributed by atoms with van der Waals surface area (Å²) in [7, 11) is 1.66. The lowest BCUT2D eigenvalue weighted by atomic mass is 10.2. The van der Waals surface area contributed by atoms with Crippen LogP contribution in [-0.4, -0.2) is 7.11 Å². The highest BCUT2D eigenvalue weighted by molar-refractivity contribution is 7.19. The van der Waals surface area contributed by atoms with E-state index in [0.717, 1.165) is 21.5 Å². The van der Waals surface area contributed by atoms with E-state index in [4.69, 9.17) is 19.9 Å². The Morgan fingerprint density at radius 2 is 1.93 bits per heavy atom. The van der Waals surface area contributed by atoms with Crippen LogP contribution in [-0.2, 0) is 0 Å². The van der Waals surface area contributed by atoms with Crippen molar-refractivity contribution in [3.8, 4) is 5.75 Å². The number of methoxy groups -OCH3 is 1. The topological polar surface area (TPSA) is 64.0 Å². The van der Waals surface area contributed by atoms with E-state index in [0.29, 0.717) is 11.4 Å². The first kappa shape index (κ1) is 16.0. The number of anilines is 1. The summed E-state index contributed by atoms with van der Waals surface area (Å²) in [5.41, 5.74) is 8.08. The SMILES string of the molecule is COc1ccc(N2C(N)=c3ccoc3=NC2c2cc3ccccc3s2)cc1. The molecule has 2 N–H and O–H groups in total. The first-order chi connectivity index (χ1) is 13.2. The summed E-state index contributed by atoms with van der Waals surface area (Å²) in [6, 6.07) is 20.2. The molecule has 5 rings (SSSR count). The van der Waals surface area contributed by atoms with Crippen molar-refractivity contribution in [3.63, 3.8) is 0 Å². The van der Waals surface area contributed by atoms with E-state index < -0.39 is 0 Å². The van der Waals surface area contributed by atoms with Crippen LogP contribution in [0.2, 0.25) is 0 Å². The zero-order chi connectivity index (χ0) is 18.4. The van der Waals surface area contributed by atoms with Crippen LogP contribution < -0.4 is 26.1 Å². The minimum Gasteiger partial charge on any atom is -0.497 e.